The molecule has 106 valence electrons. The fourth-order valence-corrected chi connectivity index (χ4v) is 2.76. The molecule has 0 aliphatic heterocycles. The maximum atomic E-state index is 10.6. The third kappa shape index (κ3) is 2.28. The summed E-state index contributed by atoms with van der Waals surface area (Å²) < 4.78 is 3.87. The van der Waals surface area contributed by atoms with Crippen LogP contribution in [0.4, 0.5) is 0 Å². The molecule has 3 rings (SSSR count). The lowest BCUT2D eigenvalue weighted by molar-refractivity contribution is -0.104. The predicted octanol–water partition coefficient (Wildman–Crippen LogP) is 3.54. The Labute approximate surface area is 127 Å². The summed E-state index contributed by atoms with van der Waals surface area (Å²) in [5, 5.41) is 6.22. The summed E-state index contributed by atoms with van der Waals surface area (Å²) in [7, 11) is 1.89. The van der Waals surface area contributed by atoms with Crippen molar-refractivity contribution in [2.24, 2.45) is 7.05 Å². The Morgan fingerprint density at radius 3 is 2.86 bits per heavy atom. The topological polar surface area (TPSA) is 39.8 Å². The fraction of sp³-hybridized carbons (Fsp3) is 0.125. The van der Waals surface area contributed by atoms with Crippen molar-refractivity contribution in [1.82, 2.24) is 14.3 Å². The minimum absolute atomic E-state index is 0.711. The molecular weight excluding hydrogens is 286 g/mol. The number of fused-ring (bicyclic) bond motifs is 1. The van der Waals surface area contributed by atoms with Crippen LogP contribution in [0, 0.1) is 6.92 Å². The van der Waals surface area contributed by atoms with Gasteiger partial charge in [0.15, 0.2) is 0 Å². The first kappa shape index (κ1) is 13.6. The van der Waals surface area contributed by atoms with Crippen LogP contribution in [-0.2, 0) is 11.8 Å². The number of aldehydes is 1. The van der Waals surface area contributed by atoms with Crippen molar-refractivity contribution in [2.75, 3.05) is 0 Å². The molecule has 0 unspecified atom stereocenters. The average molecular weight is 300 g/mol. The predicted molar refractivity (Wildman–Crippen MR) is 84.9 cm³/mol. The second-order valence-corrected chi connectivity index (χ2v) is 5.27. The van der Waals surface area contributed by atoms with E-state index in [0.29, 0.717) is 5.02 Å². The number of allylic oxidation sites excluding steroid dienone is 1. The molecule has 2 heterocycles. The Morgan fingerprint density at radius 1 is 1.29 bits per heavy atom. The van der Waals surface area contributed by atoms with Gasteiger partial charge in [0.25, 0.3) is 0 Å². The molecule has 0 fully saturated rings. The van der Waals surface area contributed by atoms with Gasteiger partial charge in [0.2, 0.25) is 0 Å². The molecule has 2 aromatic heterocycles. The van der Waals surface area contributed by atoms with Gasteiger partial charge < -0.3 is 4.57 Å². The molecule has 0 atom stereocenters. The van der Waals surface area contributed by atoms with Crippen LogP contribution in [0.15, 0.2) is 36.5 Å². The van der Waals surface area contributed by atoms with Crippen LogP contribution in [-0.4, -0.2) is 20.6 Å². The summed E-state index contributed by atoms with van der Waals surface area (Å²) in [6.45, 7) is 1.93. The lowest BCUT2D eigenvalue weighted by atomic mass is 10.2. The molecular formula is C16H14ClN3O. The zero-order valence-corrected chi connectivity index (χ0v) is 12.5. The quantitative estimate of drug-likeness (QED) is 0.548. The van der Waals surface area contributed by atoms with Gasteiger partial charge in [-0.2, -0.15) is 5.10 Å². The number of halogens is 1. The highest BCUT2D eigenvalue weighted by Gasteiger charge is 2.14. The van der Waals surface area contributed by atoms with Gasteiger partial charge in [0, 0.05) is 29.2 Å². The van der Waals surface area contributed by atoms with Gasteiger partial charge in [-0.1, -0.05) is 11.6 Å². The summed E-state index contributed by atoms with van der Waals surface area (Å²) in [5.41, 5.74) is 2.85. The molecule has 5 heteroatoms. The van der Waals surface area contributed by atoms with Crippen LogP contribution in [0.1, 0.15) is 11.3 Å². The molecule has 0 spiro atoms. The molecule has 0 aliphatic rings. The van der Waals surface area contributed by atoms with E-state index >= 15 is 0 Å². The van der Waals surface area contributed by atoms with Crippen LogP contribution in [0.5, 0.6) is 0 Å². The first-order valence-electron chi connectivity index (χ1n) is 6.54. The first-order valence-corrected chi connectivity index (χ1v) is 6.92. The van der Waals surface area contributed by atoms with E-state index in [1.165, 1.54) is 6.08 Å². The number of carbonyl (C=O) groups is 1. The van der Waals surface area contributed by atoms with Crippen LogP contribution in [0.25, 0.3) is 22.8 Å². The van der Waals surface area contributed by atoms with Crippen LogP contribution in [0.3, 0.4) is 0 Å². The SMILES string of the molecule is Cc1nn(C)c(-n2ccc3cc(Cl)ccc32)c1/C=C/C=O. The normalized spacial score (nSPS) is 11.6. The fourth-order valence-electron chi connectivity index (χ4n) is 2.58. The third-order valence-electron chi connectivity index (χ3n) is 3.46. The Balaban J connectivity index is 2.27. The zero-order valence-electron chi connectivity index (χ0n) is 11.7. The molecule has 0 amide bonds. The van der Waals surface area contributed by atoms with Gasteiger partial charge in [0.05, 0.1) is 11.2 Å². The van der Waals surface area contributed by atoms with Gasteiger partial charge >= 0.3 is 0 Å². The van der Waals surface area contributed by atoms with Crippen molar-refractivity contribution in [2.45, 2.75) is 6.92 Å². The van der Waals surface area contributed by atoms with Crippen molar-refractivity contribution in [3.05, 3.63) is 52.8 Å². The highest BCUT2D eigenvalue weighted by Crippen LogP contribution is 2.27. The monoisotopic (exact) mass is 299 g/mol. The van der Waals surface area contributed by atoms with Gasteiger partial charge in [-0.15, -0.1) is 0 Å². The van der Waals surface area contributed by atoms with E-state index < -0.39 is 0 Å². The molecule has 21 heavy (non-hydrogen) atoms. The Kier molecular flexibility index (Phi) is 3.39. The van der Waals surface area contributed by atoms with Crippen LogP contribution >= 0.6 is 11.6 Å². The number of aromatic nitrogens is 3. The summed E-state index contributed by atoms with van der Waals surface area (Å²) in [4.78, 5) is 10.6. The minimum Gasteiger partial charge on any atom is -0.301 e. The van der Waals surface area contributed by atoms with Crippen molar-refractivity contribution in [3.8, 4) is 5.82 Å². The maximum absolute atomic E-state index is 10.6. The third-order valence-corrected chi connectivity index (χ3v) is 3.69. The van der Waals surface area contributed by atoms with E-state index in [0.717, 1.165) is 34.3 Å². The average Bonchev–Trinajstić information content (AvgIpc) is 2.96. The molecule has 0 N–H and O–H groups in total. The van der Waals surface area contributed by atoms with E-state index in [-0.39, 0.29) is 0 Å². The molecule has 0 bridgehead atoms. The van der Waals surface area contributed by atoms with Crippen molar-refractivity contribution in [3.63, 3.8) is 0 Å². The van der Waals surface area contributed by atoms with E-state index in [1.807, 2.05) is 49.1 Å². The Morgan fingerprint density at radius 2 is 2.10 bits per heavy atom. The Hall–Kier alpha value is -2.33. The van der Waals surface area contributed by atoms with Crippen molar-refractivity contribution in [1.29, 1.82) is 0 Å². The second-order valence-electron chi connectivity index (χ2n) is 4.83. The highest BCUT2D eigenvalue weighted by atomic mass is 35.5. The van der Waals surface area contributed by atoms with Crippen LogP contribution in [0.2, 0.25) is 5.02 Å². The molecule has 0 aliphatic carbocycles. The van der Waals surface area contributed by atoms with E-state index in [9.17, 15) is 4.79 Å². The van der Waals surface area contributed by atoms with E-state index in [1.54, 1.807) is 6.08 Å². The van der Waals surface area contributed by atoms with Crippen molar-refractivity contribution >= 4 is 34.9 Å². The minimum atomic E-state index is 0.711. The van der Waals surface area contributed by atoms with Gasteiger partial charge in [-0.3, -0.25) is 9.48 Å². The van der Waals surface area contributed by atoms with Crippen molar-refractivity contribution < 1.29 is 4.79 Å². The number of benzene rings is 1. The first-order chi connectivity index (χ1) is 10.1. The Bertz CT molecular complexity index is 858. The summed E-state index contributed by atoms with van der Waals surface area (Å²) in [6.07, 6.45) is 6.02. The summed E-state index contributed by atoms with van der Waals surface area (Å²) in [5.74, 6) is 0.919. The smallest absolute Gasteiger partial charge is 0.142 e. The number of rotatable bonds is 3. The largest absolute Gasteiger partial charge is 0.301 e. The molecule has 0 radical (unpaired) electrons. The molecule has 4 nitrogen and oxygen atoms in total. The standard InChI is InChI=1S/C16H14ClN3O/c1-11-14(4-3-9-21)16(19(2)18-11)20-8-7-12-10-13(17)5-6-15(12)20/h3-10H,1-2H3/b4-3+. The number of nitrogens with zero attached hydrogens (tertiary/aromatic N) is 3. The molecule has 0 saturated heterocycles. The van der Waals surface area contributed by atoms with E-state index in [4.69, 9.17) is 11.6 Å². The highest BCUT2D eigenvalue weighted by molar-refractivity contribution is 6.31. The molecule has 3 aromatic rings. The summed E-state index contributed by atoms with van der Waals surface area (Å²) in [6, 6.07) is 7.78. The zero-order chi connectivity index (χ0) is 15.0. The van der Waals surface area contributed by atoms with Gasteiger partial charge in [-0.25, -0.2) is 0 Å². The lowest BCUT2D eigenvalue weighted by Crippen LogP contribution is -2.02. The number of hydrogen-bond donors (Lipinski definition) is 0. The van der Waals surface area contributed by atoms with Crippen LogP contribution < -0.4 is 0 Å². The number of aryl methyl sites for hydroxylation is 2. The number of hydrogen-bond acceptors (Lipinski definition) is 2. The molecule has 1 aromatic carbocycles. The summed E-state index contributed by atoms with van der Waals surface area (Å²) >= 11 is 6.03. The molecule has 0 saturated carbocycles. The second kappa shape index (κ2) is 5.22. The number of carbonyl (C=O) groups excluding carboxylic acids is 1. The maximum Gasteiger partial charge on any atom is 0.142 e. The van der Waals surface area contributed by atoms with Gasteiger partial charge in [-0.05, 0) is 43.3 Å². The van der Waals surface area contributed by atoms with Gasteiger partial charge in [0.1, 0.15) is 12.1 Å². The lowest BCUT2D eigenvalue weighted by Gasteiger charge is -2.07. The van der Waals surface area contributed by atoms with E-state index in [2.05, 4.69) is 9.67 Å².